The van der Waals surface area contributed by atoms with E-state index in [9.17, 15) is 31.9 Å². The molecular weight excluding hydrogens is 589 g/mol. The Hall–Kier alpha value is -4.78. The zero-order chi connectivity index (χ0) is 32.0. The molecule has 0 bridgehead atoms. The predicted molar refractivity (Wildman–Crippen MR) is 151 cm³/mol. The van der Waals surface area contributed by atoms with Gasteiger partial charge in [-0.05, 0) is 36.7 Å². The third-order valence-corrected chi connectivity index (χ3v) is 6.99. The molecule has 0 amide bonds. The second-order valence-electron chi connectivity index (χ2n) is 9.87. The first-order chi connectivity index (χ1) is 20.9. The fourth-order valence-electron chi connectivity index (χ4n) is 4.82. The standard InChI is InChI=1S/C31H28F5N3O5/c1-44-26-13-5-10-20(28(26)33)21-16-38(17-22-23(31(34,35)36)11-6-12-24(22)32)30(43)39(29(21)42)18-25(19-8-3-2-4-9-19)37-15-7-14-27(40)41/h2-6,8-13,16,25,37H,7,14-15,17-18H2,1H3,(H,40,41)/t25-/m1/s1. The summed E-state index contributed by atoms with van der Waals surface area (Å²) in [6, 6.07) is 14.2. The average molecular weight is 618 g/mol. The van der Waals surface area contributed by atoms with Crippen LogP contribution in [0.25, 0.3) is 11.1 Å². The number of nitrogens with one attached hydrogen (secondary N) is 1. The van der Waals surface area contributed by atoms with E-state index in [1.165, 1.54) is 25.3 Å². The molecule has 1 aromatic heterocycles. The van der Waals surface area contributed by atoms with Gasteiger partial charge in [-0.3, -0.25) is 18.7 Å². The molecule has 0 saturated carbocycles. The summed E-state index contributed by atoms with van der Waals surface area (Å²) in [5, 5.41) is 12.1. The molecule has 1 heterocycles. The van der Waals surface area contributed by atoms with Crippen molar-refractivity contribution < 1.29 is 36.6 Å². The van der Waals surface area contributed by atoms with Gasteiger partial charge < -0.3 is 15.2 Å². The summed E-state index contributed by atoms with van der Waals surface area (Å²) in [4.78, 5) is 38.5. The topological polar surface area (TPSA) is 103 Å². The lowest BCUT2D eigenvalue weighted by atomic mass is 10.0. The van der Waals surface area contributed by atoms with Crippen molar-refractivity contribution in [3.63, 3.8) is 0 Å². The van der Waals surface area contributed by atoms with Crippen molar-refractivity contribution in [2.24, 2.45) is 0 Å². The Morgan fingerprint density at radius 2 is 1.68 bits per heavy atom. The van der Waals surface area contributed by atoms with Gasteiger partial charge in [0.25, 0.3) is 5.56 Å². The number of hydrogen-bond donors (Lipinski definition) is 2. The second-order valence-corrected chi connectivity index (χ2v) is 9.87. The molecule has 0 spiro atoms. The van der Waals surface area contributed by atoms with Crippen LogP contribution >= 0.6 is 0 Å². The van der Waals surface area contributed by atoms with E-state index in [1.807, 2.05) is 0 Å². The van der Waals surface area contributed by atoms with E-state index < -0.39 is 58.7 Å². The SMILES string of the molecule is COc1cccc(-c2cn(Cc3c(F)cccc3C(F)(F)F)c(=O)n(C[C@@H](NCCCC(=O)O)c3ccccc3)c2=O)c1F. The molecule has 4 aromatic rings. The van der Waals surface area contributed by atoms with Crippen LogP contribution < -0.4 is 21.3 Å². The maximum Gasteiger partial charge on any atom is 0.416 e. The molecule has 13 heteroatoms. The van der Waals surface area contributed by atoms with Crippen LogP contribution in [0, 0.1) is 11.6 Å². The Morgan fingerprint density at radius 3 is 2.34 bits per heavy atom. The van der Waals surface area contributed by atoms with Crippen molar-refractivity contribution in [1.29, 1.82) is 0 Å². The van der Waals surface area contributed by atoms with Crippen molar-refractivity contribution in [3.05, 3.63) is 122 Å². The van der Waals surface area contributed by atoms with Crippen LogP contribution in [0.1, 0.15) is 35.6 Å². The Balaban J connectivity index is 1.90. The summed E-state index contributed by atoms with van der Waals surface area (Å²) in [5.41, 5.74) is -4.19. The van der Waals surface area contributed by atoms with E-state index in [4.69, 9.17) is 9.84 Å². The maximum atomic E-state index is 15.4. The van der Waals surface area contributed by atoms with Gasteiger partial charge in [0, 0.05) is 23.7 Å². The van der Waals surface area contributed by atoms with Crippen molar-refractivity contribution in [1.82, 2.24) is 14.5 Å². The summed E-state index contributed by atoms with van der Waals surface area (Å²) in [6.45, 7) is -1.10. The van der Waals surface area contributed by atoms with Crippen molar-refractivity contribution >= 4 is 5.97 Å². The predicted octanol–water partition coefficient (Wildman–Crippen LogP) is 5.23. The van der Waals surface area contributed by atoms with Crippen LogP contribution in [0.4, 0.5) is 22.0 Å². The van der Waals surface area contributed by atoms with Crippen molar-refractivity contribution in [3.8, 4) is 16.9 Å². The number of benzene rings is 3. The van der Waals surface area contributed by atoms with Crippen LogP contribution in [0.3, 0.4) is 0 Å². The molecule has 0 aliphatic carbocycles. The van der Waals surface area contributed by atoms with E-state index in [0.29, 0.717) is 11.6 Å². The quantitative estimate of drug-likeness (QED) is 0.167. The molecule has 0 aliphatic heterocycles. The van der Waals surface area contributed by atoms with Gasteiger partial charge in [-0.2, -0.15) is 13.2 Å². The third kappa shape index (κ3) is 7.22. The Kier molecular flexibility index (Phi) is 9.99. The number of aliphatic carboxylic acids is 1. The maximum absolute atomic E-state index is 15.4. The number of rotatable bonds is 12. The summed E-state index contributed by atoms with van der Waals surface area (Å²) >= 11 is 0. The first-order valence-electron chi connectivity index (χ1n) is 13.4. The minimum atomic E-state index is -4.95. The zero-order valence-corrected chi connectivity index (χ0v) is 23.4. The van der Waals surface area contributed by atoms with Crippen LogP contribution in [-0.2, 0) is 24.1 Å². The van der Waals surface area contributed by atoms with Crippen LogP contribution in [0.2, 0.25) is 0 Å². The number of halogens is 5. The molecule has 4 rings (SSSR count). The molecule has 1 atom stereocenters. The van der Waals surface area contributed by atoms with Crippen LogP contribution in [0.5, 0.6) is 5.75 Å². The van der Waals surface area contributed by atoms with Gasteiger partial charge in [0.05, 0.1) is 37.4 Å². The molecule has 3 aromatic carbocycles. The number of aromatic nitrogens is 2. The molecular formula is C31H28F5N3O5. The minimum Gasteiger partial charge on any atom is -0.494 e. The highest BCUT2D eigenvalue weighted by atomic mass is 19.4. The number of nitrogens with zero attached hydrogens (tertiary/aromatic N) is 2. The Labute approximate surface area is 248 Å². The number of carbonyl (C=O) groups is 1. The van der Waals surface area contributed by atoms with Crippen molar-refractivity contribution in [2.45, 2.75) is 38.1 Å². The fraction of sp³-hybridized carbons (Fsp3) is 0.258. The summed E-state index contributed by atoms with van der Waals surface area (Å²) < 4.78 is 78.1. The number of carboxylic acids is 1. The smallest absolute Gasteiger partial charge is 0.416 e. The van der Waals surface area contributed by atoms with E-state index >= 15 is 4.39 Å². The van der Waals surface area contributed by atoms with E-state index in [0.717, 1.165) is 27.5 Å². The lowest BCUT2D eigenvalue weighted by Gasteiger charge is -2.22. The van der Waals surface area contributed by atoms with Gasteiger partial charge in [-0.15, -0.1) is 0 Å². The highest BCUT2D eigenvalue weighted by Crippen LogP contribution is 2.33. The number of carboxylic acid groups (broad SMARTS) is 1. The molecule has 0 saturated heterocycles. The normalized spacial score (nSPS) is 12.2. The van der Waals surface area contributed by atoms with Gasteiger partial charge in [-0.25, -0.2) is 13.6 Å². The molecule has 0 unspecified atom stereocenters. The largest absolute Gasteiger partial charge is 0.494 e. The van der Waals surface area contributed by atoms with Crippen LogP contribution in [0.15, 0.2) is 82.5 Å². The fourth-order valence-corrected chi connectivity index (χ4v) is 4.82. The Morgan fingerprint density at radius 1 is 0.977 bits per heavy atom. The molecule has 0 radical (unpaired) electrons. The van der Waals surface area contributed by atoms with Gasteiger partial charge in [0.2, 0.25) is 0 Å². The lowest BCUT2D eigenvalue weighted by Crippen LogP contribution is -2.43. The zero-order valence-electron chi connectivity index (χ0n) is 23.4. The molecule has 0 fully saturated rings. The highest BCUT2D eigenvalue weighted by molar-refractivity contribution is 5.66. The van der Waals surface area contributed by atoms with Crippen molar-refractivity contribution in [2.75, 3.05) is 13.7 Å². The number of hydrogen-bond acceptors (Lipinski definition) is 5. The monoisotopic (exact) mass is 617 g/mol. The number of methoxy groups -OCH3 is 1. The summed E-state index contributed by atoms with van der Waals surface area (Å²) in [5.74, 6) is -3.40. The highest BCUT2D eigenvalue weighted by Gasteiger charge is 2.35. The average Bonchev–Trinajstić information content (AvgIpc) is 2.98. The number of alkyl halides is 3. The molecule has 44 heavy (non-hydrogen) atoms. The molecule has 0 aliphatic rings. The lowest BCUT2D eigenvalue weighted by molar-refractivity contribution is -0.138. The van der Waals surface area contributed by atoms with E-state index in [1.54, 1.807) is 30.3 Å². The summed E-state index contributed by atoms with van der Waals surface area (Å²) in [7, 11) is 1.21. The van der Waals surface area contributed by atoms with E-state index in [2.05, 4.69) is 5.32 Å². The number of ether oxygens (including phenoxy) is 1. The minimum absolute atomic E-state index is 0.143. The molecule has 2 N–H and O–H groups in total. The van der Waals surface area contributed by atoms with Gasteiger partial charge in [0.15, 0.2) is 11.6 Å². The Bertz CT molecular complexity index is 1750. The van der Waals surface area contributed by atoms with Gasteiger partial charge in [-0.1, -0.05) is 48.5 Å². The van der Waals surface area contributed by atoms with Gasteiger partial charge in [0.1, 0.15) is 5.82 Å². The first-order valence-corrected chi connectivity index (χ1v) is 13.4. The van der Waals surface area contributed by atoms with E-state index in [-0.39, 0.29) is 42.8 Å². The third-order valence-electron chi connectivity index (χ3n) is 6.99. The van der Waals surface area contributed by atoms with Gasteiger partial charge >= 0.3 is 17.8 Å². The molecule has 232 valence electrons. The molecule has 8 nitrogen and oxygen atoms in total. The summed E-state index contributed by atoms with van der Waals surface area (Å²) in [6.07, 6.45) is -3.96. The van der Waals surface area contributed by atoms with Crippen LogP contribution in [-0.4, -0.2) is 33.9 Å². The first kappa shape index (κ1) is 32.1. The second kappa shape index (κ2) is 13.7.